The van der Waals surface area contributed by atoms with Crippen LogP contribution >= 0.6 is 0 Å². The van der Waals surface area contributed by atoms with Gasteiger partial charge in [-0.15, -0.1) is 0 Å². The van der Waals surface area contributed by atoms with E-state index in [-0.39, 0.29) is 5.75 Å². The fraction of sp³-hybridized carbons (Fsp3) is 0.385. The number of nitrogens with one attached hydrogen (secondary N) is 2. The maximum atomic E-state index is 14.1. The largest absolute Gasteiger partial charge is 0.505 e. The van der Waals surface area contributed by atoms with Crippen LogP contribution in [0.5, 0.6) is 5.75 Å². The number of H-pyrrole nitrogens is 2. The molecule has 2 aliphatic rings. The molecule has 4 aromatic rings. The van der Waals surface area contributed by atoms with E-state index in [4.69, 9.17) is 9.72 Å². The Hall–Kier alpha value is -3.23. The third-order valence-electron chi connectivity index (χ3n) is 7.43. The third kappa shape index (κ3) is 3.49. The van der Waals surface area contributed by atoms with Gasteiger partial charge in [0.2, 0.25) is 0 Å². The number of aromatic hydroxyl groups is 1. The van der Waals surface area contributed by atoms with Gasteiger partial charge in [-0.05, 0) is 60.2 Å². The molecule has 0 saturated heterocycles. The van der Waals surface area contributed by atoms with Crippen LogP contribution in [0.25, 0.3) is 33.5 Å². The summed E-state index contributed by atoms with van der Waals surface area (Å²) >= 11 is 0. The Morgan fingerprint density at radius 2 is 2.09 bits per heavy atom. The van der Waals surface area contributed by atoms with Gasteiger partial charge in [0, 0.05) is 38.0 Å². The number of aryl methyl sites for hydroxylation is 1. The predicted octanol–water partition coefficient (Wildman–Crippen LogP) is 4.56. The lowest BCUT2D eigenvalue weighted by Crippen LogP contribution is -2.49. The quantitative estimate of drug-likeness (QED) is 0.405. The molecule has 3 N–H and O–H groups in total. The summed E-state index contributed by atoms with van der Waals surface area (Å²) in [5, 5.41) is 18.4. The smallest absolute Gasteiger partial charge is 0.165 e. The van der Waals surface area contributed by atoms with Crippen molar-refractivity contribution in [1.29, 1.82) is 0 Å². The van der Waals surface area contributed by atoms with Crippen LogP contribution in [0.2, 0.25) is 0 Å². The zero-order valence-corrected chi connectivity index (χ0v) is 19.4. The number of ether oxygens (including phenoxy) is 1. The number of hydrogen-bond acceptors (Lipinski definition) is 5. The van der Waals surface area contributed by atoms with Crippen molar-refractivity contribution in [3.05, 3.63) is 53.1 Å². The predicted molar refractivity (Wildman–Crippen MR) is 128 cm³/mol. The standard InChI is InChI=1S/C26H28FN5O2/c1-3-14-9-24(33)20(27)12-19(14)15-4-5-18-22(8-15)30-31-25(18)26-28-21-6-7-32(13-23(21)29-26)16-10-17(11-16)34-2/h4-5,8-9,12,16-17,33H,3,6-7,10-11,13H2,1-2H3,(H,28,29)(H,30,31). The monoisotopic (exact) mass is 461 g/mol. The minimum atomic E-state index is -0.618. The molecule has 1 aliphatic carbocycles. The zero-order valence-electron chi connectivity index (χ0n) is 19.4. The number of aromatic amines is 2. The van der Waals surface area contributed by atoms with Gasteiger partial charge in [-0.3, -0.25) is 10.00 Å². The molecule has 0 spiro atoms. The second-order valence-corrected chi connectivity index (χ2v) is 9.36. The molecular formula is C26H28FN5O2. The molecule has 0 radical (unpaired) electrons. The number of aromatic nitrogens is 4. The van der Waals surface area contributed by atoms with Gasteiger partial charge >= 0.3 is 0 Å². The molecule has 7 nitrogen and oxygen atoms in total. The molecule has 8 heteroatoms. The Bertz CT molecular complexity index is 1370. The molecular weight excluding hydrogens is 433 g/mol. The van der Waals surface area contributed by atoms with Crippen molar-refractivity contribution in [2.45, 2.75) is 51.3 Å². The summed E-state index contributed by atoms with van der Waals surface area (Å²) in [6.07, 6.45) is 4.22. The Labute approximate surface area is 197 Å². The lowest BCUT2D eigenvalue weighted by molar-refractivity contribution is -0.0318. The number of hydrogen-bond donors (Lipinski definition) is 3. The van der Waals surface area contributed by atoms with Crippen LogP contribution in [0.15, 0.2) is 30.3 Å². The van der Waals surface area contributed by atoms with Gasteiger partial charge < -0.3 is 14.8 Å². The summed E-state index contributed by atoms with van der Waals surface area (Å²) in [7, 11) is 1.79. The Kier molecular flexibility index (Phi) is 5.15. The summed E-state index contributed by atoms with van der Waals surface area (Å²) in [5.41, 5.74) is 6.48. The maximum absolute atomic E-state index is 14.1. The minimum Gasteiger partial charge on any atom is -0.505 e. The summed E-state index contributed by atoms with van der Waals surface area (Å²) in [6.45, 7) is 3.89. The van der Waals surface area contributed by atoms with Crippen LogP contribution in [-0.2, 0) is 24.1 Å². The summed E-state index contributed by atoms with van der Waals surface area (Å²) in [6, 6.07) is 9.44. The van der Waals surface area contributed by atoms with Gasteiger partial charge in [0.15, 0.2) is 17.4 Å². The molecule has 1 fully saturated rings. The van der Waals surface area contributed by atoms with Crippen molar-refractivity contribution in [3.8, 4) is 28.4 Å². The van der Waals surface area contributed by atoms with Crippen LogP contribution in [0.3, 0.4) is 0 Å². The number of phenols is 1. The molecule has 0 atom stereocenters. The van der Waals surface area contributed by atoms with Crippen LogP contribution in [-0.4, -0.2) is 56.0 Å². The van der Waals surface area contributed by atoms with Gasteiger partial charge in [-0.1, -0.05) is 13.0 Å². The summed E-state index contributed by atoms with van der Waals surface area (Å²) in [4.78, 5) is 10.9. The second kappa shape index (κ2) is 8.21. The lowest BCUT2D eigenvalue weighted by Gasteiger charge is -2.43. The first kappa shape index (κ1) is 21.3. The molecule has 3 heterocycles. The van der Waals surface area contributed by atoms with E-state index in [0.29, 0.717) is 18.6 Å². The van der Waals surface area contributed by atoms with E-state index in [1.807, 2.05) is 25.1 Å². The molecule has 0 bridgehead atoms. The Balaban J connectivity index is 1.29. The minimum absolute atomic E-state index is 0.318. The summed E-state index contributed by atoms with van der Waals surface area (Å²) in [5.74, 6) is -0.159. The van der Waals surface area contributed by atoms with E-state index in [9.17, 15) is 9.50 Å². The zero-order chi connectivity index (χ0) is 23.4. The number of imidazole rings is 1. The van der Waals surface area contributed by atoms with Gasteiger partial charge in [0.1, 0.15) is 5.69 Å². The van der Waals surface area contributed by atoms with Crippen molar-refractivity contribution in [1.82, 2.24) is 25.1 Å². The van der Waals surface area contributed by atoms with E-state index in [2.05, 4.69) is 20.1 Å². The highest BCUT2D eigenvalue weighted by Crippen LogP contribution is 2.35. The average molecular weight is 462 g/mol. The number of benzene rings is 2. The molecule has 6 rings (SSSR count). The van der Waals surface area contributed by atoms with Gasteiger partial charge in [0.25, 0.3) is 0 Å². The normalized spacial score (nSPS) is 20.4. The first-order chi connectivity index (χ1) is 16.5. The SMILES string of the molecule is CCc1cc(O)c(F)cc1-c1ccc2c(-c3nc4c([nH]3)CN(C3CC(OC)C3)CC4)n[nH]c2c1. The molecule has 2 aromatic carbocycles. The molecule has 176 valence electrons. The first-order valence-corrected chi connectivity index (χ1v) is 11.9. The van der Waals surface area contributed by atoms with Crippen molar-refractivity contribution < 1.29 is 14.2 Å². The fourth-order valence-electron chi connectivity index (χ4n) is 5.30. The van der Waals surface area contributed by atoms with E-state index in [1.165, 1.54) is 17.8 Å². The van der Waals surface area contributed by atoms with Crippen LogP contribution in [0, 0.1) is 5.82 Å². The number of rotatable bonds is 5. The van der Waals surface area contributed by atoms with Crippen molar-refractivity contribution in [2.75, 3.05) is 13.7 Å². The van der Waals surface area contributed by atoms with Crippen LogP contribution in [0.1, 0.15) is 36.7 Å². The van der Waals surface area contributed by atoms with E-state index in [1.54, 1.807) is 7.11 Å². The number of nitrogens with zero attached hydrogens (tertiary/aromatic N) is 3. The fourth-order valence-corrected chi connectivity index (χ4v) is 5.30. The molecule has 0 unspecified atom stereocenters. The number of methoxy groups -OCH3 is 1. The molecule has 1 aliphatic heterocycles. The highest BCUT2D eigenvalue weighted by Gasteiger charge is 2.36. The number of halogens is 1. The van der Waals surface area contributed by atoms with Crippen molar-refractivity contribution in [2.24, 2.45) is 0 Å². The molecule has 2 aromatic heterocycles. The van der Waals surface area contributed by atoms with E-state index >= 15 is 0 Å². The van der Waals surface area contributed by atoms with Crippen molar-refractivity contribution in [3.63, 3.8) is 0 Å². The number of phenolic OH excluding ortho intramolecular Hbond substituents is 1. The maximum Gasteiger partial charge on any atom is 0.165 e. The highest BCUT2D eigenvalue weighted by atomic mass is 19.1. The van der Waals surface area contributed by atoms with Gasteiger partial charge in [-0.25, -0.2) is 9.37 Å². The Morgan fingerprint density at radius 3 is 2.88 bits per heavy atom. The van der Waals surface area contributed by atoms with Crippen LogP contribution in [0.4, 0.5) is 4.39 Å². The van der Waals surface area contributed by atoms with Gasteiger partial charge in [0.05, 0.1) is 23.0 Å². The molecule has 0 amide bonds. The van der Waals surface area contributed by atoms with E-state index < -0.39 is 5.82 Å². The van der Waals surface area contributed by atoms with Crippen LogP contribution < -0.4 is 0 Å². The first-order valence-electron chi connectivity index (χ1n) is 11.9. The van der Waals surface area contributed by atoms with Crippen molar-refractivity contribution >= 4 is 10.9 Å². The molecule has 34 heavy (non-hydrogen) atoms. The average Bonchev–Trinajstić information content (AvgIpc) is 3.42. The summed E-state index contributed by atoms with van der Waals surface area (Å²) < 4.78 is 19.5. The lowest BCUT2D eigenvalue weighted by atomic mass is 9.87. The van der Waals surface area contributed by atoms with E-state index in [0.717, 1.165) is 77.2 Å². The number of fused-ring (bicyclic) bond motifs is 2. The highest BCUT2D eigenvalue weighted by molar-refractivity contribution is 5.94. The Morgan fingerprint density at radius 1 is 1.24 bits per heavy atom. The molecule has 1 saturated carbocycles. The van der Waals surface area contributed by atoms with Gasteiger partial charge in [-0.2, -0.15) is 5.10 Å². The topological polar surface area (TPSA) is 90.1 Å². The third-order valence-corrected chi connectivity index (χ3v) is 7.43. The second-order valence-electron chi connectivity index (χ2n) is 9.36.